The smallest absolute Gasteiger partial charge is 0.0412 e. The van der Waals surface area contributed by atoms with Crippen LogP contribution in [-0.2, 0) is 6.54 Å². The Balaban J connectivity index is 2.16. The molecule has 1 N–H and O–H groups in total. The van der Waals surface area contributed by atoms with Gasteiger partial charge in [0.15, 0.2) is 0 Å². The normalized spacial score (nSPS) is 17.0. The van der Waals surface area contributed by atoms with Crippen molar-refractivity contribution in [2.75, 3.05) is 11.9 Å². The molecule has 0 saturated heterocycles. The predicted octanol–water partition coefficient (Wildman–Crippen LogP) is 5.00. The Morgan fingerprint density at radius 1 is 1.19 bits per heavy atom. The van der Waals surface area contributed by atoms with E-state index in [-0.39, 0.29) is 0 Å². The second-order valence-corrected chi connectivity index (χ2v) is 7.00. The van der Waals surface area contributed by atoms with Crippen molar-refractivity contribution in [1.29, 1.82) is 0 Å². The Bertz CT molecular complexity index is 437. The summed E-state index contributed by atoms with van der Waals surface area (Å²) in [7, 11) is 2.25. The summed E-state index contributed by atoms with van der Waals surface area (Å²) in [5.41, 5.74) is 2.64. The average molecular weight is 309 g/mol. The van der Waals surface area contributed by atoms with E-state index in [0.717, 1.165) is 11.6 Å². The van der Waals surface area contributed by atoms with Crippen LogP contribution in [0.5, 0.6) is 0 Å². The van der Waals surface area contributed by atoms with Gasteiger partial charge in [-0.25, -0.2) is 0 Å². The molecule has 0 unspecified atom stereocenters. The largest absolute Gasteiger partial charge is 0.371 e. The first-order valence-corrected chi connectivity index (χ1v) is 8.70. The zero-order valence-corrected chi connectivity index (χ0v) is 14.4. The molecule has 1 aliphatic carbocycles. The van der Waals surface area contributed by atoms with E-state index in [1.807, 2.05) is 6.07 Å². The van der Waals surface area contributed by atoms with Gasteiger partial charge >= 0.3 is 0 Å². The molecule has 0 aliphatic heterocycles. The molecule has 2 nitrogen and oxygen atoms in total. The van der Waals surface area contributed by atoms with Crippen LogP contribution in [0.2, 0.25) is 5.02 Å². The summed E-state index contributed by atoms with van der Waals surface area (Å²) in [4.78, 5) is 2.49. The first-order chi connectivity index (χ1) is 10.1. The zero-order valence-electron chi connectivity index (χ0n) is 13.7. The molecule has 1 aromatic rings. The highest BCUT2D eigenvalue weighted by molar-refractivity contribution is 6.30. The van der Waals surface area contributed by atoms with Crippen molar-refractivity contribution >= 4 is 17.3 Å². The molecule has 1 fully saturated rings. The fraction of sp³-hybridized carbons (Fsp3) is 0.667. The maximum atomic E-state index is 6.20. The Labute approximate surface area is 134 Å². The van der Waals surface area contributed by atoms with E-state index in [1.165, 1.54) is 49.8 Å². The highest BCUT2D eigenvalue weighted by Crippen LogP contribution is 2.29. The van der Waals surface area contributed by atoms with Crippen molar-refractivity contribution in [3.8, 4) is 0 Å². The molecule has 0 radical (unpaired) electrons. The summed E-state index contributed by atoms with van der Waals surface area (Å²) in [5, 5.41) is 4.34. The predicted molar refractivity (Wildman–Crippen MR) is 93.3 cm³/mol. The van der Waals surface area contributed by atoms with E-state index in [9.17, 15) is 0 Å². The lowest BCUT2D eigenvalue weighted by Crippen LogP contribution is -2.32. The van der Waals surface area contributed by atoms with Crippen molar-refractivity contribution in [3.63, 3.8) is 0 Å². The Morgan fingerprint density at radius 2 is 1.86 bits per heavy atom. The van der Waals surface area contributed by atoms with Crippen LogP contribution in [0.4, 0.5) is 5.69 Å². The second-order valence-electron chi connectivity index (χ2n) is 6.56. The number of nitrogens with zero attached hydrogens (tertiary/aromatic N) is 1. The minimum Gasteiger partial charge on any atom is -0.371 e. The SMILES string of the molecule is CC(C)NCc1cc(Cl)ccc1N(C)C1CCCCCC1. The van der Waals surface area contributed by atoms with Crippen LogP contribution in [0.3, 0.4) is 0 Å². The maximum absolute atomic E-state index is 6.20. The molecule has 118 valence electrons. The van der Waals surface area contributed by atoms with Crippen molar-refractivity contribution in [1.82, 2.24) is 5.32 Å². The minimum absolute atomic E-state index is 0.486. The molecule has 2 rings (SSSR count). The number of rotatable bonds is 5. The van der Waals surface area contributed by atoms with Crippen molar-refractivity contribution in [3.05, 3.63) is 28.8 Å². The molecule has 3 heteroatoms. The molecule has 1 aromatic carbocycles. The van der Waals surface area contributed by atoms with Crippen molar-refractivity contribution < 1.29 is 0 Å². The molecule has 0 amide bonds. The van der Waals surface area contributed by atoms with Gasteiger partial charge in [-0.05, 0) is 36.6 Å². The molecule has 1 aliphatic rings. The summed E-state index contributed by atoms with van der Waals surface area (Å²) in [6, 6.07) is 7.47. The fourth-order valence-electron chi connectivity index (χ4n) is 3.20. The molecule has 0 atom stereocenters. The van der Waals surface area contributed by atoms with Gasteiger partial charge in [0.2, 0.25) is 0 Å². The van der Waals surface area contributed by atoms with Gasteiger partial charge in [0.25, 0.3) is 0 Å². The summed E-state index contributed by atoms with van der Waals surface area (Å²) >= 11 is 6.20. The number of halogens is 1. The van der Waals surface area contributed by atoms with Crippen LogP contribution in [0, 0.1) is 0 Å². The number of hydrogen-bond donors (Lipinski definition) is 1. The van der Waals surface area contributed by atoms with Crippen LogP contribution in [0.15, 0.2) is 18.2 Å². The van der Waals surface area contributed by atoms with Gasteiger partial charge < -0.3 is 10.2 Å². The standard InChI is InChI=1S/C18H29ClN2/c1-14(2)20-13-15-12-16(19)10-11-18(15)21(3)17-8-6-4-5-7-9-17/h10-12,14,17,20H,4-9,13H2,1-3H3. The fourth-order valence-corrected chi connectivity index (χ4v) is 3.39. The Morgan fingerprint density at radius 3 is 2.48 bits per heavy atom. The van der Waals surface area contributed by atoms with Crippen LogP contribution in [0.1, 0.15) is 57.9 Å². The molecular formula is C18H29ClN2. The lowest BCUT2D eigenvalue weighted by molar-refractivity contribution is 0.547. The molecule has 0 aromatic heterocycles. The lowest BCUT2D eigenvalue weighted by atomic mass is 10.0. The maximum Gasteiger partial charge on any atom is 0.0412 e. The van der Waals surface area contributed by atoms with Gasteiger partial charge in [0.05, 0.1) is 0 Å². The van der Waals surface area contributed by atoms with Crippen molar-refractivity contribution in [2.24, 2.45) is 0 Å². The third kappa shape index (κ3) is 4.89. The summed E-state index contributed by atoms with van der Waals surface area (Å²) < 4.78 is 0. The number of hydrogen-bond acceptors (Lipinski definition) is 2. The third-order valence-electron chi connectivity index (χ3n) is 4.49. The molecular weight excluding hydrogens is 280 g/mol. The first-order valence-electron chi connectivity index (χ1n) is 8.32. The first kappa shape index (κ1) is 16.6. The molecule has 0 spiro atoms. The van der Waals surface area contributed by atoms with E-state index in [4.69, 9.17) is 11.6 Å². The summed E-state index contributed by atoms with van der Waals surface area (Å²) in [6.45, 7) is 5.24. The van der Waals surface area contributed by atoms with Gasteiger partial charge in [-0.3, -0.25) is 0 Å². The van der Waals surface area contributed by atoms with E-state index >= 15 is 0 Å². The van der Waals surface area contributed by atoms with Crippen LogP contribution in [-0.4, -0.2) is 19.1 Å². The highest BCUT2D eigenvalue weighted by Gasteiger charge is 2.19. The summed E-state index contributed by atoms with van der Waals surface area (Å²) in [5.74, 6) is 0. The third-order valence-corrected chi connectivity index (χ3v) is 4.73. The van der Waals surface area contributed by atoms with Crippen LogP contribution < -0.4 is 10.2 Å². The number of nitrogens with one attached hydrogen (secondary N) is 1. The second kappa shape index (κ2) is 8.05. The minimum atomic E-state index is 0.486. The van der Waals surface area contributed by atoms with Gasteiger partial charge in [-0.1, -0.05) is 51.1 Å². The Kier molecular flexibility index (Phi) is 6.38. The summed E-state index contributed by atoms with van der Waals surface area (Å²) in [6.07, 6.45) is 8.15. The van der Waals surface area contributed by atoms with Gasteiger partial charge in [0.1, 0.15) is 0 Å². The quantitative estimate of drug-likeness (QED) is 0.770. The molecule has 0 bridgehead atoms. The van der Waals surface area contributed by atoms with Crippen LogP contribution in [0.25, 0.3) is 0 Å². The van der Waals surface area contributed by atoms with Gasteiger partial charge in [0, 0.05) is 36.4 Å². The van der Waals surface area contributed by atoms with E-state index in [2.05, 4.69) is 43.2 Å². The molecule has 0 heterocycles. The highest BCUT2D eigenvalue weighted by atomic mass is 35.5. The van der Waals surface area contributed by atoms with E-state index < -0.39 is 0 Å². The number of anilines is 1. The van der Waals surface area contributed by atoms with E-state index in [0.29, 0.717) is 12.1 Å². The topological polar surface area (TPSA) is 15.3 Å². The van der Waals surface area contributed by atoms with Gasteiger partial charge in [-0.2, -0.15) is 0 Å². The van der Waals surface area contributed by atoms with Gasteiger partial charge in [-0.15, -0.1) is 0 Å². The molecule has 21 heavy (non-hydrogen) atoms. The Hall–Kier alpha value is -0.730. The number of benzene rings is 1. The van der Waals surface area contributed by atoms with E-state index in [1.54, 1.807) is 0 Å². The average Bonchev–Trinajstić information content (AvgIpc) is 2.73. The van der Waals surface area contributed by atoms with Crippen molar-refractivity contribution in [2.45, 2.75) is 71.0 Å². The lowest BCUT2D eigenvalue weighted by Gasteiger charge is -2.31. The zero-order chi connectivity index (χ0) is 15.2. The molecule has 1 saturated carbocycles. The monoisotopic (exact) mass is 308 g/mol. The van der Waals surface area contributed by atoms with Crippen LogP contribution >= 0.6 is 11.6 Å².